The molecule has 0 heterocycles. The van der Waals surface area contributed by atoms with Gasteiger partial charge >= 0.3 is 5.97 Å². The molecule has 1 atom stereocenters. The standard InChI is InChI=1S/C11H20O4S/c1-9(6-7-16(5,13)14)8-10(12)15-11(2,3)4/h6-7,9H,8H2,1-5H3. The van der Waals surface area contributed by atoms with Crippen LogP contribution < -0.4 is 0 Å². The smallest absolute Gasteiger partial charge is 0.306 e. The van der Waals surface area contributed by atoms with Gasteiger partial charge in [0.25, 0.3) is 0 Å². The Labute approximate surface area is 97.6 Å². The Morgan fingerprint density at radius 1 is 1.38 bits per heavy atom. The van der Waals surface area contributed by atoms with Crippen LogP contribution in [0.15, 0.2) is 11.5 Å². The zero-order valence-corrected chi connectivity index (χ0v) is 11.3. The summed E-state index contributed by atoms with van der Waals surface area (Å²) in [5.74, 6) is -0.470. The molecule has 0 spiro atoms. The molecule has 0 amide bonds. The van der Waals surface area contributed by atoms with Gasteiger partial charge in [-0.25, -0.2) is 8.42 Å². The van der Waals surface area contributed by atoms with E-state index in [0.29, 0.717) is 0 Å². The van der Waals surface area contributed by atoms with Crippen molar-refractivity contribution in [2.24, 2.45) is 5.92 Å². The Morgan fingerprint density at radius 3 is 2.25 bits per heavy atom. The minimum Gasteiger partial charge on any atom is -0.460 e. The molecule has 0 rings (SSSR count). The molecule has 0 aromatic rings. The molecule has 0 fully saturated rings. The van der Waals surface area contributed by atoms with Crippen molar-refractivity contribution in [3.8, 4) is 0 Å². The normalized spacial score (nSPS) is 15.1. The Hall–Kier alpha value is -0.840. The molecule has 0 saturated carbocycles. The summed E-state index contributed by atoms with van der Waals surface area (Å²) in [6.45, 7) is 7.15. The summed E-state index contributed by atoms with van der Waals surface area (Å²) in [7, 11) is -3.12. The number of rotatable bonds is 4. The van der Waals surface area contributed by atoms with Crippen molar-refractivity contribution < 1.29 is 17.9 Å². The SMILES string of the molecule is CC(C=CS(C)(=O)=O)CC(=O)OC(C)(C)C. The van der Waals surface area contributed by atoms with E-state index in [4.69, 9.17) is 4.74 Å². The predicted molar refractivity (Wildman–Crippen MR) is 63.6 cm³/mol. The molecule has 5 heteroatoms. The fourth-order valence-corrected chi connectivity index (χ4v) is 1.54. The zero-order chi connectivity index (χ0) is 13.0. The molecule has 0 aliphatic heterocycles. The Bertz CT molecular complexity index is 360. The van der Waals surface area contributed by atoms with Gasteiger partial charge in [0.1, 0.15) is 5.60 Å². The summed E-state index contributed by atoms with van der Waals surface area (Å²) in [5, 5.41) is 1.11. The van der Waals surface area contributed by atoms with Crippen LogP contribution in [0.3, 0.4) is 0 Å². The maximum Gasteiger partial charge on any atom is 0.306 e. The lowest BCUT2D eigenvalue weighted by Crippen LogP contribution is -2.24. The van der Waals surface area contributed by atoms with Crippen molar-refractivity contribution in [3.63, 3.8) is 0 Å². The van der Waals surface area contributed by atoms with Gasteiger partial charge in [0.15, 0.2) is 9.84 Å². The molecule has 0 aliphatic rings. The largest absolute Gasteiger partial charge is 0.460 e. The van der Waals surface area contributed by atoms with Crippen molar-refractivity contribution >= 4 is 15.8 Å². The van der Waals surface area contributed by atoms with E-state index in [1.165, 1.54) is 6.08 Å². The van der Waals surface area contributed by atoms with Crippen molar-refractivity contribution in [2.45, 2.75) is 39.7 Å². The molecule has 4 nitrogen and oxygen atoms in total. The molecule has 0 saturated heterocycles. The summed E-state index contributed by atoms with van der Waals surface area (Å²) in [6, 6.07) is 0. The quantitative estimate of drug-likeness (QED) is 0.713. The molecule has 0 radical (unpaired) electrons. The fraction of sp³-hybridized carbons (Fsp3) is 0.727. The fourth-order valence-electron chi connectivity index (χ4n) is 0.991. The number of hydrogen-bond donors (Lipinski definition) is 0. The van der Waals surface area contributed by atoms with Gasteiger partial charge in [-0.3, -0.25) is 4.79 Å². The second kappa shape index (κ2) is 5.48. The maximum absolute atomic E-state index is 11.4. The van der Waals surface area contributed by atoms with Gasteiger partial charge in [-0.1, -0.05) is 13.0 Å². The first-order chi connectivity index (χ1) is 6.99. The van der Waals surface area contributed by atoms with Crippen LogP contribution in [0.4, 0.5) is 0 Å². The van der Waals surface area contributed by atoms with Crippen molar-refractivity contribution in [1.82, 2.24) is 0 Å². The summed E-state index contributed by atoms with van der Waals surface area (Å²) in [4.78, 5) is 11.4. The van der Waals surface area contributed by atoms with Crippen LogP contribution in [-0.2, 0) is 19.4 Å². The van der Waals surface area contributed by atoms with Crippen LogP contribution in [0, 0.1) is 5.92 Å². The Balaban J connectivity index is 4.22. The van der Waals surface area contributed by atoms with Gasteiger partial charge in [0.2, 0.25) is 0 Å². The average Bonchev–Trinajstić information content (AvgIpc) is 1.95. The number of carbonyl (C=O) groups is 1. The minimum absolute atomic E-state index is 0.149. The number of allylic oxidation sites excluding steroid dienone is 1. The Morgan fingerprint density at radius 2 is 1.88 bits per heavy atom. The molecule has 0 aromatic heterocycles. The van der Waals surface area contributed by atoms with E-state index in [0.717, 1.165) is 11.7 Å². The second-order valence-electron chi connectivity index (χ2n) is 4.93. The summed E-state index contributed by atoms with van der Waals surface area (Å²) >= 11 is 0. The van der Waals surface area contributed by atoms with Crippen LogP contribution in [-0.4, -0.2) is 26.2 Å². The lowest BCUT2D eigenvalue weighted by atomic mass is 10.1. The summed E-state index contributed by atoms with van der Waals surface area (Å²) in [6.07, 6.45) is 2.80. The summed E-state index contributed by atoms with van der Waals surface area (Å²) < 4.78 is 26.8. The number of ether oxygens (including phenoxy) is 1. The van der Waals surface area contributed by atoms with E-state index in [1.54, 1.807) is 27.7 Å². The third-order valence-electron chi connectivity index (χ3n) is 1.56. The first kappa shape index (κ1) is 15.2. The topological polar surface area (TPSA) is 60.4 Å². The molecule has 0 aliphatic carbocycles. The third-order valence-corrected chi connectivity index (χ3v) is 2.21. The molecule has 94 valence electrons. The second-order valence-corrected chi connectivity index (χ2v) is 6.86. The molecular weight excluding hydrogens is 228 g/mol. The highest BCUT2D eigenvalue weighted by molar-refractivity contribution is 7.93. The van der Waals surface area contributed by atoms with Gasteiger partial charge < -0.3 is 4.74 Å². The molecule has 16 heavy (non-hydrogen) atoms. The first-order valence-corrected chi connectivity index (χ1v) is 7.05. The molecule has 0 aromatic carbocycles. The summed E-state index contributed by atoms with van der Waals surface area (Å²) in [5.41, 5.74) is -0.503. The predicted octanol–water partition coefficient (Wildman–Crippen LogP) is 1.91. The average molecular weight is 248 g/mol. The highest BCUT2D eigenvalue weighted by Gasteiger charge is 2.17. The van der Waals surface area contributed by atoms with Crippen LogP contribution >= 0.6 is 0 Å². The molecule has 1 unspecified atom stereocenters. The van der Waals surface area contributed by atoms with Crippen LogP contribution in [0.25, 0.3) is 0 Å². The van der Waals surface area contributed by atoms with Gasteiger partial charge in [0.05, 0.1) is 6.42 Å². The first-order valence-electron chi connectivity index (χ1n) is 5.10. The molecule has 0 N–H and O–H groups in total. The van der Waals surface area contributed by atoms with E-state index in [2.05, 4.69) is 0 Å². The van der Waals surface area contributed by atoms with Crippen molar-refractivity contribution in [1.29, 1.82) is 0 Å². The molecule has 0 bridgehead atoms. The van der Waals surface area contributed by atoms with Crippen LogP contribution in [0.5, 0.6) is 0 Å². The van der Waals surface area contributed by atoms with Gasteiger partial charge in [0, 0.05) is 11.7 Å². The monoisotopic (exact) mass is 248 g/mol. The third kappa shape index (κ3) is 9.71. The number of sulfone groups is 1. The Kier molecular flexibility index (Phi) is 5.19. The highest BCUT2D eigenvalue weighted by Crippen LogP contribution is 2.12. The van der Waals surface area contributed by atoms with Crippen LogP contribution in [0.1, 0.15) is 34.1 Å². The van der Waals surface area contributed by atoms with E-state index in [-0.39, 0.29) is 18.3 Å². The van der Waals surface area contributed by atoms with E-state index < -0.39 is 15.4 Å². The lowest BCUT2D eigenvalue weighted by Gasteiger charge is -2.20. The van der Waals surface area contributed by atoms with Crippen molar-refractivity contribution in [3.05, 3.63) is 11.5 Å². The van der Waals surface area contributed by atoms with E-state index >= 15 is 0 Å². The zero-order valence-electron chi connectivity index (χ0n) is 10.5. The number of esters is 1. The lowest BCUT2D eigenvalue weighted by molar-refractivity contribution is -0.155. The van der Waals surface area contributed by atoms with Crippen molar-refractivity contribution in [2.75, 3.05) is 6.26 Å². The number of carbonyl (C=O) groups excluding carboxylic acids is 1. The molecular formula is C11H20O4S. The van der Waals surface area contributed by atoms with Gasteiger partial charge in [-0.2, -0.15) is 0 Å². The van der Waals surface area contributed by atoms with E-state index in [9.17, 15) is 13.2 Å². The minimum atomic E-state index is -3.12. The maximum atomic E-state index is 11.4. The number of hydrogen-bond acceptors (Lipinski definition) is 4. The van der Waals surface area contributed by atoms with E-state index in [1.807, 2.05) is 0 Å². The van der Waals surface area contributed by atoms with Gasteiger partial charge in [-0.15, -0.1) is 0 Å². The van der Waals surface area contributed by atoms with Crippen LogP contribution in [0.2, 0.25) is 0 Å². The highest BCUT2D eigenvalue weighted by atomic mass is 32.2. The van der Waals surface area contributed by atoms with Gasteiger partial charge in [-0.05, 0) is 26.7 Å².